The molecule has 2 aliphatic heterocycles. The van der Waals surface area contributed by atoms with Gasteiger partial charge in [0.25, 0.3) is 5.92 Å². The van der Waals surface area contributed by atoms with E-state index in [1.54, 1.807) is 0 Å². The molecule has 3 heterocycles. The Hall–Kier alpha value is -1.61. The maximum Gasteiger partial charge on any atom is 0.263 e. The van der Waals surface area contributed by atoms with Crippen molar-refractivity contribution in [2.24, 2.45) is 5.92 Å². The Kier molecular flexibility index (Phi) is 6.94. The van der Waals surface area contributed by atoms with Crippen LogP contribution in [0.5, 0.6) is 0 Å². The number of likely N-dealkylation sites (tertiary alicyclic amines) is 1. The first kappa shape index (κ1) is 25.1. The summed E-state index contributed by atoms with van der Waals surface area (Å²) in [5, 5.41) is 4.25. The highest BCUT2D eigenvalue weighted by molar-refractivity contribution is 5.76. The second-order valence-corrected chi connectivity index (χ2v) is 11.9. The number of carbonyl (C=O) groups is 1. The van der Waals surface area contributed by atoms with E-state index < -0.39 is 12.0 Å². The van der Waals surface area contributed by atoms with E-state index in [-0.39, 0.29) is 30.1 Å². The molecule has 196 valence electrons. The molecule has 9 heteroatoms. The Morgan fingerprint density at radius 2 is 1.74 bits per heavy atom. The molecule has 2 atom stereocenters. The van der Waals surface area contributed by atoms with Crippen LogP contribution in [0.15, 0.2) is 4.52 Å². The maximum absolute atomic E-state index is 15.2. The van der Waals surface area contributed by atoms with Gasteiger partial charge in [0.15, 0.2) is 5.82 Å². The molecule has 2 saturated heterocycles. The Bertz CT molecular complexity index is 886. The molecule has 0 spiro atoms. The summed E-state index contributed by atoms with van der Waals surface area (Å²) < 4.78 is 35.9. The fraction of sp³-hybridized carbons (Fsp3) is 0.885. The SMILES string of the molecule is CC(C)N1CCN(C2[C@H](CC(=O)N3CCC(C)(c4noc(C5CC5)n4)CC3)CCCC2(F)F)CC1. The van der Waals surface area contributed by atoms with Gasteiger partial charge in [-0.25, -0.2) is 8.78 Å². The molecule has 1 unspecified atom stereocenters. The molecule has 1 amide bonds. The number of hydrogen-bond acceptors (Lipinski definition) is 6. The van der Waals surface area contributed by atoms with Crippen molar-refractivity contribution in [1.29, 1.82) is 0 Å². The van der Waals surface area contributed by atoms with Crippen LogP contribution in [-0.2, 0) is 10.2 Å². The Labute approximate surface area is 207 Å². The number of piperidine rings is 1. The van der Waals surface area contributed by atoms with Crippen LogP contribution < -0.4 is 0 Å². The molecule has 1 aromatic rings. The minimum Gasteiger partial charge on any atom is -0.343 e. The topological polar surface area (TPSA) is 65.7 Å². The lowest BCUT2D eigenvalue weighted by molar-refractivity contribution is -0.149. The van der Waals surface area contributed by atoms with E-state index in [1.807, 2.05) is 9.80 Å². The predicted molar refractivity (Wildman–Crippen MR) is 128 cm³/mol. The number of halogens is 2. The average Bonchev–Trinajstić information content (AvgIpc) is 3.55. The molecule has 0 N–H and O–H groups in total. The zero-order valence-corrected chi connectivity index (χ0v) is 21.5. The monoisotopic (exact) mass is 493 g/mol. The van der Waals surface area contributed by atoms with Gasteiger partial charge in [0.2, 0.25) is 11.8 Å². The minimum atomic E-state index is -2.73. The summed E-state index contributed by atoms with van der Waals surface area (Å²) in [5.74, 6) is -1.08. The molecule has 7 nitrogen and oxygen atoms in total. The molecular formula is C26H41F2N5O2. The van der Waals surface area contributed by atoms with Gasteiger partial charge in [-0.3, -0.25) is 14.6 Å². The van der Waals surface area contributed by atoms with Crippen LogP contribution in [0.2, 0.25) is 0 Å². The number of alkyl halides is 2. The third-order valence-electron chi connectivity index (χ3n) is 9.00. The average molecular weight is 494 g/mol. The van der Waals surface area contributed by atoms with Crippen LogP contribution in [0, 0.1) is 5.92 Å². The number of piperazine rings is 1. The van der Waals surface area contributed by atoms with Gasteiger partial charge in [-0.05, 0) is 58.3 Å². The van der Waals surface area contributed by atoms with E-state index in [0.717, 1.165) is 50.5 Å². The Morgan fingerprint density at radius 1 is 1.06 bits per heavy atom. The first-order valence-corrected chi connectivity index (χ1v) is 13.6. The van der Waals surface area contributed by atoms with E-state index in [9.17, 15) is 4.79 Å². The van der Waals surface area contributed by atoms with E-state index in [4.69, 9.17) is 4.52 Å². The van der Waals surface area contributed by atoms with Gasteiger partial charge in [-0.2, -0.15) is 4.98 Å². The highest BCUT2D eigenvalue weighted by Crippen LogP contribution is 2.43. The van der Waals surface area contributed by atoms with Gasteiger partial charge in [0, 0.05) is 69.5 Å². The molecular weight excluding hydrogens is 452 g/mol. The lowest BCUT2D eigenvalue weighted by Crippen LogP contribution is -2.60. The zero-order valence-electron chi connectivity index (χ0n) is 21.5. The predicted octanol–water partition coefficient (Wildman–Crippen LogP) is 4.05. The molecule has 0 bridgehead atoms. The smallest absolute Gasteiger partial charge is 0.263 e. The van der Waals surface area contributed by atoms with Gasteiger partial charge in [0.1, 0.15) is 0 Å². The Morgan fingerprint density at radius 3 is 2.37 bits per heavy atom. The third kappa shape index (κ3) is 5.26. The molecule has 0 radical (unpaired) electrons. The van der Waals surface area contributed by atoms with Crippen molar-refractivity contribution in [3.8, 4) is 0 Å². The summed E-state index contributed by atoms with van der Waals surface area (Å²) in [6.45, 7) is 10.6. The number of carbonyl (C=O) groups excluding carboxylic acids is 1. The summed E-state index contributed by atoms with van der Waals surface area (Å²) in [6, 6.07) is -0.399. The van der Waals surface area contributed by atoms with Crippen molar-refractivity contribution in [3.05, 3.63) is 11.7 Å². The molecule has 35 heavy (non-hydrogen) atoms. The summed E-state index contributed by atoms with van der Waals surface area (Å²) in [6.07, 6.45) is 5.12. The molecule has 1 aromatic heterocycles. The van der Waals surface area contributed by atoms with Crippen molar-refractivity contribution < 1.29 is 18.1 Å². The molecule has 0 aromatic carbocycles. The Balaban J connectivity index is 1.19. The number of amides is 1. The van der Waals surface area contributed by atoms with Gasteiger partial charge in [-0.1, -0.05) is 12.1 Å². The fourth-order valence-corrected chi connectivity index (χ4v) is 6.36. The van der Waals surface area contributed by atoms with Crippen LogP contribution in [0.4, 0.5) is 8.78 Å². The van der Waals surface area contributed by atoms with Crippen molar-refractivity contribution in [3.63, 3.8) is 0 Å². The van der Waals surface area contributed by atoms with Crippen LogP contribution >= 0.6 is 0 Å². The van der Waals surface area contributed by atoms with E-state index in [1.165, 1.54) is 0 Å². The normalized spacial score (nSPS) is 30.1. The van der Waals surface area contributed by atoms with Gasteiger partial charge >= 0.3 is 0 Å². The minimum absolute atomic E-state index is 0.0207. The van der Waals surface area contributed by atoms with E-state index in [0.29, 0.717) is 51.0 Å². The highest BCUT2D eigenvalue weighted by atomic mass is 19.3. The lowest BCUT2D eigenvalue weighted by Gasteiger charge is -2.48. The standard InChI is InChI=1S/C26H41F2N5O2/c1-18(2)31-13-15-33(16-14-31)22-20(5-4-8-26(22,27)28)17-21(34)32-11-9-25(3,10-12-32)24-29-23(35-30-24)19-6-7-19/h18-20,22H,4-17H2,1-3H3/t20-,22?/m0/s1. The van der Waals surface area contributed by atoms with Crippen LogP contribution in [0.1, 0.15) is 89.8 Å². The van der Waals surface area contributed by atoms with E-state index in [2.05, 4.69) is 35.8 Å². The summed E-state index contributed by atoms with van der Waals surface area (Å²) in [7, 11) is 0. The number of nitrogens with zero attached hydrogens (tertiary/aromatic N) is 5. The molecule has 2 aliphatic carbocycles. The second-order valence-electron chi connectivity index (χ2n) is 11.9. The molecule has 4 aliphatic rings. The van der Waals surface area contributed by atoms with Crippen LogP contribution in [0.3, 0.4) is 0 Å². The van der Waals surface area contributed by atoms with Crippen molar-refractivity contribution in [1.82, 2.24) is 24.8 Å². The van der Waals surface area contributed by atoms with E-state index >= 15 is 8.78 Å². The lowest BCUT2D eigenvalue weighted by atomic mass is 9.77. The quantitative estimate of drug-likeness (QED) is 0.596. The van der Waals surface area contributed by atoms with Crippen molar-refractivity contribution >= 4 is 5.91 Å². The zero-order chi connectivity index (χ0) is 24.8. The summed E-state index contributed by atoms with van der Waals surface area (Å²) >= 11 is 0. The molecule has 2 saturated carbocycles. The molecule has 5 rings (SSSR count). The second kappa shape index (κ2) is 9.69. The first-order valence-electron chi connectivity index (χ1n) is 13.6. The number of aromatic nitrogens is 2. The van der Waals surface area contributed by atoms with Crippen molar-refractivity contribution in [2.45, 2.75) is 101 Å². The van der Waals surface area contributed by atoms with Crippen LogP contribution in [-0.4, -0.2) is 88.0 Å². The maximum atomic E-state index is 15.2. The third-order valence-corrected chi connectivity index (χ3v) is 9.00. The van der Waals surface area contributed by atoms with Crippen LogP contribution in [0.25, 0.3) is 0 Å². The van der Waals surface area contributed by atoms with Gasteiger partial charge in [-0.15, -0.1) is 0 Å². The summed E-state index contributed by atoms with van der Waals surface area (Å²) in [4.78, 5) is 24.2. The highest BCUT2D eigenvalue weighted by Gasteiger charge is 2.51. The first-order chi connectivity index (χ1) is 16.7. The molecule has 4 fully saturated rings. The van der Waals surface area contributed by atoms with Gasteiger partial charge in [0.05, 0.1) is 6.04 Å². The number of rotatable bonds is 6. The summed E-state index contributed by atoms with van der Waals surface area (Å²) in [5.41, 5.74) is -0.204. The fourth-order valence-electron chi connectivity index (χ4n) is 6.36. The van der Waals surface area contributed by atoms with Gasteiger partial charge < -0.3 is 9.42 Å². The number of hydrogen-bond donors (Lipinski definition) is 0. The van der Waals surface area contributed by atoms with Crippen molar-refractivity contribution in [2.75, 3.05) is 39.3 Å². The largest absolute Gasteiger partial charge is 0.343 e.